The predicted octanol–water partition coefficient (Wildman–Crippen LogP) is 7.74. The Hall–Kier alpha value is -6.02. The van der Waals surface area contributed by atoms with Gasteiger partial charge < -0.3 is 9.05 Å². The third kappa shape index (κ3) is 6.54. The molecule has 7 heteroatoms. The van der Waals surface area contributed by atoms with Gasteiger partial charge in [-0.05, 0) is 115 Å². The lowest BCUT2D eigenvalue weighted by Gasteiger charge is -2.38. The van der Waals surface area contributed by atoms with Crippen LogP contribution in [-0.4, -0.2) is 21.0 Å². The van der Waals surface area contributed by atoms with Crippen LogP contribution in [0.1, 0.15) is 47.9 Å². The molecule has 0 radical (unpaired) electrons. The van der Waals surface area contributed by atoms with Gasteiger partial charge in [-0.3, -0.25) is 4.89 Å². The maximum Gasteiger partial charge on any atom is 0.584 e. The molecule has 0 fully saturated rings. The molecule has 0 saturated heterocycles. The molecule has 1 heterocycles. The lowest BCUT2D eigenvalue weighted by Crippen LogP contribution is -2.75. The van der Waals surface area contributed by atoms with E-state index in [0.717, 1.165) is 72.9 Å². The van der Waals surface area contributed by atoms with Crippen LogP contribution in [0.3, 0.4) is 0 Å². The molecule has 63 heavy (non-hydrogen) atoms. The van der Waals surface area contributed by atoms with E-state index in [-0.39, 0.29) is 0 Å². The number of phosphoric acid groups is 1. The van der Waals surface area contributed by atoms with E-state index in [1.807, 2.05) is 0 Å². The van der Waals surface area contributed by atoms with Crippen LogP contribution >= 0.6 is 7.82 Å². The van der Waals surface area contributed by atoms with Gasteiger partial charge in [0.15, 0.2) is 16.1 Å². The van der Waals surface area contributed by atoms with E-state index in [1.54, 1.807) is 0 Å². The minimum Gasteiger partial charge on any atom is -0.395 e. The molecule has 8 aromatic carbocycles. The van der Waals surface area contributed by atoms with Gasteiger partial charge in [-0.15, -0.1) is 0 Å². The molecule has 0 bridgehead atoms. The summed E-state index contributed by atoms with van der Waals surface area (Å²) in [6, 6.07) is 69.7. The quantitative estimate of drug-likeness (QED) is 0.0966. The van der Waals surface area contributed by atoms with E-state index >= 15 is 4.57 Å². The van der Waals surface area contributed by atoms with Gasteiger partial charge in [0.25, 0.3) is 0 Å². The largest absolute Gasteiger partial charge is 0.584 e. The highest BCUT2D eigenvalue weighted by Crippen LogP contribution is 2.57. The van der Waals surface area contributed by atoms with Crippen LogP contribution in [0.2, 0.25) is 0 Å². The molecule has 11 rings (SSSR count). The number of hydrogen-bond acceptors (Lipinski definition) is 3. The Balaban J connectivity index is 1.35. The Bertz CT molecular complexity index is 2590. The third-order valence-corrected chi connectivity index (χ3v) is 24.3. The highest BCUT2D eigenvalue weighted by atomic mass is 31.2. The minimum atomic E-state index is -4.86. The SMILES string of the molecule is O=P1(O)Oc2c([Si](c3ccccc3)(c3ccccc3)c3ccccc3)cc3c(c2-c2c4c(cc([Si](c5ccccc5)(c5ccccc5)c5ccccc5)c2O1)CCCC4)CCCC3. The number of rotatable bonds is 8. The first-order chi connectivity index (χ1) is 31.0. The highest BCUT2D eigenvalue weighted by Gasteiger charge is 2.51. The smallest absolute Gasteiger partial charge is 0.395 e. The number of phosphoric ester groups is 1. The molecule has 0 atom stereocenters. The number of hydrogen-bond donors (Lipinski definition) is 1. The van der Waals surface area contributed by atoms with E-state index in [0.29, 0.717) is 11.5 Å². The molecule has 0 spiro atoms. The Morgan fingerprint density at radius 3 is 0.905 bits per heavy atom. The second-order valence-electron chi connectivity index (χ2n) is 17.3. The van der Waals surface area contributed by atoms with E-state index < -0.39 is 24.0 Å². The monoisotopic (exact) mass is 872 g/mol. The zero-order valence-electron chi connectivity index (χ0n) is 35.3. The number of fused-ring (bicyclic) bond motifs is 7. The molecule has 4 nitrogen and oxygen atoms in total. The van der Waals surface area contributed by atoms with E-state index in [9.17, 15) is 4.89 Å². The molecule has 8 aromatic rings. The summed E-state index contributed by atoms with van der Waals surface area (Å²) in [7, 11) is -11.4. The zero-order chi connectivity index (χ0) is 42.4. The summed E-state index contributed by atoms with van der Waals surface area (Å²) >= 11 is 0. The van der Waals surface area contributed by atoms with Crippen LogP contribution in [0.5, 0.6) is 11.5 Å². The van der Waals surface area contributed by atoms with Gasteiger partial charge in [-0.25, -0.2) is 4.57 Å². The van der Waals surface area contributed by atoms with Gasteiger partial charge in [0.1, 0.15) is 11.5 Å². The van der Waals surface area contributed by atoms with E-state index in [4.69, 9.17) is 9.05 Å². The number of aryl methyl sites for hydroxylation is 2. The van der Waals surface area contributed by atoms with E-state index in [1.165, 1.54) is 53.4 Å². The average Bonchev–Trinajstić information content (AvgIpc) is 3.47. The summed E-state index contributed by atoms with van der Waals surface area (Å²) in [5.41, 5.74) is 6.96. The second-order valence-corrected chi connectivity index (χ2v) is 26.1. The molecule has 310 valence electrons. The summed E-state index contributed by atoms with van der Waals surface area (Å²) in [5, 5.41) is 9.06. The van der Waals surface area contributed by atoms with Gasteiger partial charge in [0, 0.05) is 11.1 Å². The Kier molecular flexibility index (Phi) is 10.3. The van der Waals surface area contributed by atoms with Gasteiger partial charge in [0.2, 0.25) is 0 Å². The van der Waals surface area contributed by atoms with Gasteiger partial charge in [-0.2, -0.15) is 0 Å². The molecule has 0 amide bonds. The van der Waals surface area contributed by atoms with Crippen molar-refractivity contribution in [2.24, 2.45) is 0 Å². The zero-order valence-corrected chi connectivity index (χ0v) is 38.1. The molecular formula is C56H49O4PSi2. The van der Waals surface area contributed by atoms with Crippen molar-refractivity contribution < 1.29 is 18.5 Å². The fraction of sp³-hybridized carbons (Fsp3) is 0.143. The lowest BCUT2D eigenvalue weighted by atomic mass is 9.80. The molecular weight excluding hydrogens is 824 g/mol. The maximum absolute atomic E-state index is 15.4. The Morgan fingerprint density at radius 2 is 0.635 bits per heavy atom. The van der Waals surface area contributed by atoms with E-state index in [2.05, 4.69) is 194 Å². The first-order valence-electron chi connectivity index (χ1n) is 22.4. The van der Waals surface area contributed by atoms with Crippen molar-refractivity contribution in [1.29, 1.82) is 0 Å². The van der Waals surface area contributed by atoms with Crippen molar-refractivity contribution in [3.05, 3.63) is 216 Å². The van der Waals surface area contributed by atoms with Crippen LogP contribution in [0.15, 0.2) is 194 Å². The fourth-order valence-electron chi connectivity index (χ4n) is 11.4. The highest BCUT2D eigenvalue weighted by molar-refractivity contribution is 7.48. The van der Waals surface area contributed by atoms with Crippen molar-refractivity contribution in [2.75, 3.05) is 0 Å². The average molecular weight is 873 g/mol. The Morgan fingerprint density at radius 1 is 0.381 bits per heavy atom. The molecule has 0 aromatic heterocycles. The topological polar surface area (TPSA) is 55.8 Å². The molecule has 3 aliphatic rings. The maximum atomic E-state index is 15.4. The van der Waals surface area contributed by atoms with Gasteiger partial charge in [-0.1, -0.05) is 194 Å². The first kappa shape index (κ1) is 39.8. The van der Waals surface area contributed by atoms with Gasteiger partial charge in [0.05, 0.1) is 0 Å². The second kappa shape index (κ2) is 16.3. The van der Waals surface area contributed by atoms with Crippen molar-refractivity contribution in [2.45, 2.75) is 51.4 Å². The van der Waals surface area contributed by atoms with Crippen molar-refractivity contribution in [1.82, 2.24) is 0 Å². The molecule has 2 aliphatic carbocycles. The van der Waals surface area contributed by atoms with Crippen LogP contribution in [-0.2, 0) is 30.2 Å². The van der Waals surface area contributed by atoms with Crippen LogP contribution in [0.25, 0.3) is 11.1 Å². The van der Waals surface area contributed by atoms with Crippen LogP contribution < -0.4 is 50.5 Å². The fourth-order valence-corrected chi connectivity index (χ4v) is 22.2. The summed E-state index contributed by atoms with van der Waals surface area (Å²) in [4.78, 5) is 12.6. The molecule has 1 aliphatic heterocycles. The Labute approximate surface area is 372 Å². The minimum absolute atomic E-state index is 0.500. The summed E-state index contributed by atoms with van der Waals surface area (Å²) in [6.45, 7) is 0. The predicted molar refractivity (Wildman–Crippen MR) is 263 cm³/mol. The summed E-state index contributed by atoms with van der Waals surface area (Å²) in [5.74, 6) is 1.000. The standard InChI is InChI=1S/C56H49O4PSi2/c57-61(58)59-55-51(62(43-25-7-1-8-26-43,44-27-9-2-10-28-44)45-29-11-3-12-30-45)39-41-23-19-21-37-49(41)53(55)54-50-38-22-20-24-42(50)40-52(56(54)60-61)63(46-31-13-4-14-32-46,47-33-15-5-16-34-47)48-35-17-6-18-36-48/h1-18,25-36,39-40H,19-24,37-38H2,(H,57,58). The van der Waals surface area contributed by atoms with Crippen molar-refractivity contribution in [3.63, 3.8) is 0 Å². The lowest BCUT2D eigenvalue weighted by molar-refractivity contribution is 0.295. The molecule has 1 N–H and O–H groups in total. The molecule has 0 unspecified atom stereocenters. The first-order valence-corrected chi connectivity index (χ1v) is 27.9. The van der Waals surface area contributed by atoms with Gasteiger partial charge >= 0.3 is 7.82 Å². The van der Waals surface area contributed by atoms with Crippen molar-refractivity contribution >= 4 is 65.5 Å². The van der Waals surface area contributed by atoms with Crippen LogP contribution in [0.4, 0.5) is 0 Å². The third-order valence-electron chi connectivity index (χ3n) is 13.9. The summed E-state index contributed by atoms with van der Waals surface area (Å²) < 4.78 is 29.3. The van der Waals surface area contributed by atoms with Crippen molar-refractivity contribution in [3.8, 4) is 22.6 Å². The normalized spacial score (nSPS) is 15.3. The van der Waals surface area contributed by atoms with Crippen LogP contribution in [0, 0.1) is 0 Å². The molecule has 0 saturated carbocycles. The number of benzene rings is 8. The summed E-state index contributed by atoms with van der Waals surface area (Å²) in [6.07, 6.45) is 7.76.